The molecule has 0 aliphatic carbocycles. The van der Waals surface area contributed by atoms with E-state index in [2.05, 4.69) is 0 Å². The van der Waals surface area contributed by atoms with Crippen LogP contribution in [0.15, 0.2) is 18.2 Å². The molecular formula is C17H20FNO2S. The van der Waals surface area contributed by atoms with Crippen molar-refractivity contribution in [3.05, 3.63) is 34.5 Å². The van der Waals surface area contributed by atoms with E-state index in [4.69, 9.17) is 0 Å². The van der Waals surface area contributed by atoms with Crippen molar-refractivity contribution in [3.63, 3.8) is 0 Å². The normalized spacial score (nSPS) is 22.3. The molecule has 1 saturated heterocycles. The lowest BCUT2D eigenvalue weighted by Crippen LogP contribution is -2.46. The first-order chi connectivity index (χ1) is 10.5. The van der Waals surface area contributed by atoms with Gasteiger partial charge in [-0.05, 0) is 50.3 Å². The van der Waals surface area contributed by atoms with Crippen LogP contribution < -0.4 is 0 Å². The van der Waals surface area contributed by atoms with Gasteiger partial charge in [-0.15, -0.1) is 11.3 Å². The number of thiophene rings is 1. The first-order valence-corrected chi connectivity index (χ1v) is 8.44. The maximum Gasteiger partial charge on any atom is 0.264 e. The molecular weight excluding hydrogens is 301 g/mol. The molecule has 2 aromatic rings. The lowest BCUT2D eigenvalue weighted by atomic mass is 9.94. The highest BCUT2D eigenvalue weighted by Gasteiger charge is 2.31. The second-order valence-electron chi connectivity index (χ2n) is 6.10. The molecule has 1 aromatic carbocycles. The van der Waals surface area contributed by atoms with E-state index in [1.165, 1.54) is 17.4 Å². The fourth-order valence-electron chi connectivity index (χ4n) is 3.20. The zero-order chi connectivity index (χ0) is 15.9. The number of aryl methyl sites for hydroxylation is 1. The fraction of sp³-hybridized carbons (Fsp3) is 0.471. The summed E-state index contributed by atoms with van der Waals surface area (Å²) in [6.07, 6.45) is 1.84. The number of nitrogens with zero attached hydrogens (tertiary/aromatic N) is 1. The zero-order valence-electron chi connectivity index (χ0n) is 12.8. The third-order valence-corrected chi connectivity index (χ3v) is 5.84. The van der Waals surface area contributed by atoms with Crippen molar-refractivity contribution in [3.8, 4) is 0 Å². The van der Waals surface area contributed by atoms with Crippen LogP contribution in [0.5, 0.6) is 0 Å². The number of halogens is 1. The molecule has 1 fully saturated rings. The molecule has 0 bridgehead atoms. The van der Waals surface area contributed by atoms with Gasteiger partial charge in [-0.1, -0.05) is 6.07 Å². The Morgan fingerprint density at radius 3 is 2.91 bits per heavy atom. The van der Waals surface area contributed by atoms with Gasteiger partial charge in [0.15, 0.2) is 0 Å². The molecule has 118 valence electrons. The number of likely N-dealkylation sites (tertiary alicyclic amines) is 1. The molecule has 0 spiro atoms. The molecule has 1 amide bonds. The summed E-state index contributed by atoms with van der Waals surface area (Å²) < 4.78 is 14.8. The van der Waals surface area contributed by atoms with Gasteiger partial charge in [0.25, 0.3) is 5.91 Å². The Labute approximate surface area is 133 Å². The van der Waals surface area contributed by atoms with Gasteiger partial charge in [-0.3, -0.25) is 4.79 Å². The molecule has 0 saturated carbocycles. The Morgan fingerprint density at radius 2 is 2.23 bits per heavy atom. The van der Waals surface area contributed by atoms with Gasteiger partial charge in [0.2, 0.25) is 0 Å². The summed E-state index contributed by atoms with van der Waals surface area (Å²) in [6.45, 7) is 4.53. The van der Waals surface area contributed by atoms with Crippen LogP contribution >= 0.6 is 11.3 Å². The molecule has 1 aliphatic heterocycles. The molecule has 5 heteroatoms. The summed E-state index contributed by atoms with van der Waals surface area (Å²) in [5.41, 5.74) is 0.724. The fourth-order valence-corrected chi connectivity index (χ4v) is 4.38. The number of carbonyl (C=O) groups excluding carboxylic acids is 1. The van der Waals surface area contributed by atoms with Crippen LogP contribution in [-0.4, -0.2) is 35.1 Å². The Balaban J connectivity index is 1.98. The Morgan fingerprint density at radius 1 is 1.45 bits per heavy atom. The van der Waals surface area contributed by atoms with Crippen LogP contribution in [0, 0.1) is 18.7 Å². The highest BCUT2D eigenvalue weighted by molar-refractivity contribution is 7.21. The molecule has 3 rings (SSSR count). The number of amides is 1. The number of aliphatic hydroxyl groups excluding tert-OH is 1. The number of carbonyl (C=O) groups is 1. The maximum atomic E-state index is 14.0. The van der Waals surface area contributed by atoms with Crippen molar-refractivity contribution in [1.29, 1.82) is 0 Å². The first-order valence-electron chi connectivity index (χ1n) is 7.62. The van der Waals surface area contributed by atoms with E-state index in [0.717, 1.165) is 23.1 Å². The van der Waals surface area contributed by atoms with Crippen LogP contribution in [0.1, 0.15) is 35.0 Å². The van der Waals surface area contributed by atoms with Gasteiger partial charge in [-0.25, -0.2) is 4.39 Å². The van der Waals surface area contributed by atoms with Gasteiger partial charge in [0.1, 0.15) is 5.82 Å². The van der Waals surface area contributed by atoms with Crippen molar-refractivity contribution < 1.29 is 14.3 Å². The van der Waals surface area contributed by atoms with E-state index < -0.39 is 0 Å². The Hall–Kier alpha value is -1.46. The number of fused-ring (bicyclic) bond motifs is 1. The molecule has 22 heavy (non-hydrogen) atoms. The van der Waals surface area contributed by atoms with Gasteiger partial charge in [-0.2, -0.15) is 0 Å². The average Bonchev–Trinajstić information content (AvgIpc) is 2.85. The average molecular weight is 321 g/mol. The van der Waals surface area contributed by atoms with Crippen molar-refractivity contribution in [1.82, 2.24) is 4.90 Å². The molecule has 1 aromatic heterocycles. The number of aliphatic hydroxyl groups is 1. The van der Waals surface area contributed by atoms with Crippen LogP contribution in [0.25, 0.3) is 10.1 Å². The zero-order valence-corrected chi connectivity index (χ0v) is 13.6. The van der Waals surface area contributed by atoms with Crippen LogP contribution in [0.3, 0.4) is 0 Å². The van der Waals surface area contributed by atoms with E-state index in [1.54, 1.807) is 6.07 Å². The van der Waals surface area contributed by atoms with Gasteiger partial charge in [0, 0.05) is 29.3 Å². The summed E-state index contributed by atoms with van der Waals surface area (Å²) in [5.74, 6) is -0.166. The Kier molecular flexibility index (Phi) is 4.19. The van der Waals surface area contributed by atoms with Crippen molar-refractivity contribution >= 4 is 27.3 Å². The summed E-state index contributed by atoms with van der Waals surface area (Å²) >= 11 is 1.36. The molecule has 0 radical (unpaired) electrons. The Bertz CT molecular complexity index is 712. The number of benzene rings is 1. The van der Waals surface area contributed by atoms with Gasteiger partial charge in [0.05, 0.1) is 4.88 Å². The third-order valence-electron chi connectivity index (χ3n) is 4.60. The quantitative estimate of drug-likeness (QED) is 0.918. The number of piperidine rings is 1. The highest BCUT2D eigenvalue weighted by Crippen LogP contribution is 2.34. The van der Waals surface area contributed by atoms with Crippen molar-refractivity contribution in [2.24, 2.45) is 5.92 Å². The number of hydrogen-bond donors (Lipinski definition) is 1. The van der Waals surface area contributed by atoms with Crippen molar-refractivity contribution in [2.45, 2.75) is 32.7 Å². The van der Waals surface area contributed by atoms with Crippen molar-refractivity contribution in [2.75, 3.05) is 13.2 Å². The molecule has 1 aliphatic rings. The standard InChI is InChI=1S/C17H20FNO2S/c1-10-6-7-12(9-20)8-19(10)17(21)16-11(2)15-13(18)4-3-5-14(15)22-16/h3-5,10,12,20H,6-9H2,1-2H3. The predicted molar refractivity (Wildman–Crippen MR) is 86.8 cm³/mol. The SMILES string of the molecule is Cc1c(C(=O)N2CC(CO)CCC2C)sc2cccc(F)c12. The maximum absolute atomic E-state index is 14.0. The second kappa shape index (κ2) is 5.97. The minimum absolute atomic E-state index is 0.0382. The third kappa shape index (κ3) is 2.52. The van der Waals surface area contributed by atoms with Crippen LogP contribution in [0.2, 0.25) is 0 Å². The van der Waals surface area contributed by atoms with Crippen LogP contribution in [0.4, 0.5) is 4.39 Å². The minimum Gasteiger partial charge on any atom is -0.396 e. The molecule has 1 N–H and O–H groups in total. The summed E-state index contributed by atoms with van der Waals surface area (Å²) in [5, 5.41) is 9.92. The van der Waals surface area contributed by atoms with E-state index >= 15 is 0 Å². The summed E-state index contributed by atoms with van der Waals surface area (Å²) in [6, 6.07) is 5.11. The smallest absolute Gasteiger partial charge is 0.264 e. The topological polar surface area (TPSA) is 40.5 Å². The number of hydrogen-bond acceptors (Lipinski definition) is 3. The lowest BCUT2D eigenvalue weighted by molar-refractivity contribution is 0.0493. The van der Waals surface area contributed by atoms with E-state index in [0.29, 0.717) is 16.8 Å². The summed E-state index contributed by atoms with van der Waals surface area (Å²) in [4.78, 5) is 15.4. The van der Waals surface area contributed by atoms with E-state index in [1.807, 2.05) is 24.8 Å². The molecule has 2 unspecified atom stereocenters. The first kappa shape index (κ1) is 15.4. The van der Waals surface area contributed by atoms with Gasteiger partial charge < -0.3 is 10.0 Å². The number of rotatable bonds is 2. The van der Waals surface area contributed by atoms with E-state index in [9.17, 15) is 14.3 Å². The largest absolute Gasteiger partial charge is 0.396 e. The molecule has 2 heterocycles. The highest BCUT2D eigenvalue weighted by atomic mass is 32.1. The monoisotopic (exact) mass is 321 g/mol. The van der Waals surface area contributed by atoms with Gasteiger partial charge >= 0.3 is 0 Å². The minimum atomic E-state index is -0.273. The summed E-state index contributed by atoms with van der Waals surface area (Å²) in [7, 11) is 0. The van der Waals surface area contributed by atoms with Crippen LogP contribution in [-0.2, 0) is 0 Å². The second-order valence-corrected chi connectivity index (χ2v) is 7.15. The predicted octanol–water partition coefficient (Wildman–Crippen LogP) is 3.58. The van der Waals surface area contributed by atoms with E-state index in [-0.39, 0.29) is 30.3 Å². The molecule has 2 atom stereocenters. The lowest BCUT2D eigenvalue weighted by Gasteiger charge is -2.37. The molecule has 3 nitrogen and oxygen atoms in total.